The molecule has 4 aromatic rings. The Labute approximate surface area is 169 Å². The molecule has 2 heterocycles. The molecule has 1 amide bonds. The molecular formula is C19H15ClN4OS2. The number of benzene rings is 2. The Hall–Kier alpha value is -2.48. The Morgan fingerprint density at radius 1 is 1.15 bits per heavy atom. The summed E-state index contributed by atoms with van der Waals surface area (Å²) in [6.45, 7) is 2.04. The van der Waals surface area contributed by atoms with E-state index in [0.29, 0.717) is 15.8 Å². The van der Waals surface area contributed by atoms with Gasteiger partial charge in [0.25, 0.3) is 0 Å². The third-order valence-electron chi connectivity index (χ3n) is 3.76. The lowest BCUT2D eigenvalue weighted by Crippen LogP contribution is -2.14. The van der Waals surface area contributed by atoms with Gasteiger partial charge in [0, 0.05) is 16.1 Å². The predicted octanol–water partition coefficient (Wildman–Crippen LogP) is 5.64. The van der Waals surface area contributed by atoms with Crippen LogP contribution in [0, 0.1) is 6.92 Å². The van der Waals surface area contributed by atoms with Crippen LogP contribution in [0.1, 0.15) is 11.3 Å². The lowest BCUT2D eigenvalue weighted by atomic mass is 10.2. The van der Waals surface area contributed by atoms with Crippen molar-refractivity contribution in [3.05, 3.63) is 64.1 Å². The highest BCUT2D eigenvalue weighted by Crippen LogP contribution is 2.27. The van der Waals surface area contributed by atoms with Gasteiger partial charge in [-0.25, -0.2) is 9.97 Å². The summed E-state index contributed by atoms with van der Waals surface area (Å²) in [6.07, 6.45) is 0.197. The van der Waals surface area contributed by atoms with Crippen molar-refractivity contribution in [3.63, 3.8) is 0 Å². The first kappa shape index (κ1) is 17.9. The molecule has 0 atom stereocenters. The third-order valence-corrected chi connectivity index (χ3v) is 5.73. The van der Waals surface area contributed by atoms with E-state index in [1.807, 2.05) is 48.7 Å². The van der Waals surface area contributed by atoms with Gasteiger partial charge in [-0.05, 0) is 42.8 Å². The van der Waals surface area contributed by atoms with Gasteiger partial charge in [0.2, 0.25) is 5.91 Å². The van der Waals surface area contributed by atoms with Crippen LogP contribution < -0.4 is 10.6 Å². The maximum Gasteiger partial charge on any atom is 0.232 e. The molecule has 5 nitrogen and oxygen atoms in total. The zero-order valence-corrected chi connectivity index (χ0v) is 16.7. The Morgan fingerprint density at radius 3 is 2.89 bits per heavy atom. The van der Waals surface area contributed by atoms with E-state index in [1.165, 1.54) is 28.2 Å². The van der Waals surface area contributed by atoms with Crippen molar-refractivity contribution in [1.82, 2.24) is 9.97 Å². The molecule has 0 saturated heterocycles. The van der Waals surface area contributed by atoms with Gasteiger partial charge in [0.1, 0.15) is 0 Å². The number of thiazole rings is 2. The number of nitrogens with zero attached hydrogens (tertiary/aromatic N) is 2. The lowest BCUT2D eigenvalue weighted by Gasteiger charge is -2.02. The summed E-state index contributed by atoms with van der Waals surface area (Å²) in [7, 11) is 0. The molecule has 0 fully saturated rings. The number of carbonyl (C=O) groups is 1. The van der Waals surface area contributed by atoms with Gasteiger partial charge in [-0.2, -0.15) is 0 Å². The van der Waals surface area contributed by atoms with Crippen LogP contribution in [0.15, 0.2) is 47.8 Å². The molecule has 0 radical (unpaired) electrons. The van der Waals surface area contributed by atoms with Crippen LogP contribution in [0.25, 0.3) is 10.2 Å². The minimum Gasteiger partial charge on any atom is -0.331 e. The van der Waals surface area contributed by atoms with Crippen LogP contribution >= 0.6 is 34.3 Å². The maximum atomic E-state index is 12.3. The molecular weight excluding hydrogens is 400 g/mol. The van der Waals surface area contributed by atoms with Crippen molar-refractivity contribution in [2.45, 2.75) is 13.3 Å². The first-order chi connectivity index (χ1) is 13.0. The van der Waals surface area contributed by atoms with E-state index in [4.69, 9.17) is 11.6 Å². The van der Waals surface area contributed by atoms with Crippen molar-refractivity contribution >= 4 is 66.3 Å². The fourth-order valence-electron chi connectivity index (χ4n) is 2.55. The second-order valence-corrected chi connectivity index (χ2v) is 8.32. The van der Waals surface area contributed by atoms with Crippen LogP contribution in [0.2, 0.25) is 5.02 Å². The molecule has 8 heteroatoms. The van der Waals surface area contributed by atoms with Crippen molar-refractivity contribution in [3.8, 4) is 0 Å². The molecule has 0 saturated carbocycles. The minimum absolute atomic E-state index is 0.134. The highest BCUT2D eigenvalue weighted by atomic mass is 35.5. The number of hydrogen-bond donors (Lipinski definition) is 2. The summed E-state index contributed by atoms with van der Waals surface area (Å²) in [5.41, 5.74) is 3.63. The van der Waals surface area contributed by atoms with Crippen LogP contribution in [0.4, 0.5) is 16.0 Å². The molecule has 0 aliphatic rings. The summed E-state index contributed by atoms with van der Waals surface area (Å²) in [5, 5.41) is 9.90. The van der Waals surface area contributed by atoms with Crippen molar-refractivity contribution in [1.29, 1.82) is 0 Å². The Kier molecular flexibility index (Phi) is 5.07. The van der Waals surface area contributed by atoms with Crippen LogP contribution in [0.5, 0.6) is 0 Å². The SMILES string of the molecule is Cc1ccc2nc(NC(=O)Cc3csc(Nc4cccc(Cl)c4)n3)sc2c1. The summed E-state index contributed by atoms with van der Waals surface area (Å²) >= 11 is 8.90. The van der Waals surface area contributed by atoms with E-state index >= 15 is 0 Å². The maximum absolute atomic E-state index is 12.3. The topological polar surface area (TPSA) is 66.9 Å². The summed E-state index contributed by atoms with van der Waals surface area (Å²) < 4.78 is 1.06. The van der Waals surface area contributed by atoms with Crippen LogP contribution in [-0.2, 0) is 11.2 Å². The third kappa shape index (κ3) is 4.44. The molecule has 4 rings (SSSR count). The van der Waals surface area contributed by atoms with Gasteiger partial charge in [0.15, 0.2) is 10.3 Å². The second-order valence-electron chi connectivity index (χ2n) is 5.99. The van der Waals surface area contributed by atoms with Gasteiger partial charge >= 0.3 is 0 Å². The van der Waals surface area contributed by atoms with Gasteiger partial charge in [0.05, 0.1) is 22.3 Å². The van der Waals surface area contributed by atoms with E-state index in [2.05, 4.69) is 26.7 Å². The highest BCUT2D eigenvalue weighted by Gasteiger charge is 2.11. The number of fused-ring (bicyclic) bond motifs is 1. The number of aryl methyl sites for hydroxylation is 1. The molecule has 2 aromatic carbocycles. The molecule has 0 spiro atoms. The Balaban J connectivity index is 1.40. The number of aromatic nitrogens is 2. The standard InChI is InChI=1S/C19H15ClN4OS2/c1-11-5-6-15-16(7-11)27-19(23-15)24-17(25)9-14-10-26-18(22-14)21-13-4-2-3-12(20)8-13/h2-8,10H,9H2,1H3,(H,21,22)(H,23,24,25). The number of carbonyl (C=O) groups excluding carboxylic acids is 1. The monoisotopic (exact) mass is 414 g/mol. The molecule has 27 heavy (non-hydrogen) atoms. The van der Waals surface area contributed by atoms with Crippen molar-refractivity contribution < 1.29 is 4.79 Å². The number of nitrogens with one attached hydrogen (secondary N) is 2. The van der Waals surface area contributed by atoms with Gasteiger partial charge in [-0.15, -0.1) is 11.3 Å². The van der Waals surface area contributed by atoms with Gasteiger partial charge < -0.3 is 10.6 Å². The van der Waals surface area contributed by atoms with Crippen LogP contribution in [-0.4, -0.2) is 15.9 Å². The highest BCUT2D eigenvalue weighted by molar-refractivity contribution is 7.22. The average Bonchev–Trinajstić information content (AvgIpc) is 3.20. The quantitative estimate of drug-likeness (QED) is 0.443. The zero-order chi connectivity index (χ0) is 18.8. The largest absolute Gasteiger partial charge is 0.331 e. The van der Waals surface area contributed by atoms with E-state index in [-0.39, 0.29) is 12.3 Å². The molecule has 2 N–H and O–H groups in total. The van der Waals surface area contributed by atoms with E-state index < -0.39 is 0 Å². The first-order valence-corrected chi connectivity index (χ1v) is 10.3. The number of anilines is 3. The summed E-state index contributed by atoms with van der Waals surface area (Å²) in [5.74, 6) is -0.134. The predicted molar refractivity (Wildman–Crippen MR) is 114 cm³/mol. The molecule has 0 unspecified atom stereocenters. The lowest BCUT2D eigenvalue weighted by molar-refractivity contribution is -0.115. The number of rotatable bonds is 5. The van der Waals surface area contributed by atoms with Crippen LogP contribution in [0.3, 0.4) is 0 Å². The van der Waals surface area contributed by atoms with E-state index in [0.717, 1.165) is 21.0 Å². The van der Waals surface area contributed by atoms with E-state index in [9.17, 15) is 4.79 Å². The first-order valence-electron chi connectivity index (χ1n) is 8.19. The fraction of sp³-hybridized carbons (Fsp3) is 0.105. The van der Waals surface area contributed by atoms with E-state index in [1.54, 1.807) is 0 Å². The Morgan fingerprint density at radius 2 is 2.04 bits per heavy atom. The number of amides is 1. The number of halogens is 1. The number of hydrogen-bond acceptors (Lipinski definition) is 6. The molecule has 2 aromatic heterocycles. The fourth-order valence-corrected chi connectivity index (χ4v) is 4.45. The molecule has 0 aliphatic carbocycles. The molecule has 136 valence electrons. The smallest absolute Gasteiger partial charge is 0.232 e. The Bertz CT molecular complexity index is 1120. The summed E-state index contributed by atoms with van der Waals surface area (Å²) in [4.78, 5) is 21.2. The molecule has 0 bridgehead atoms. The zero-order valence-electron chi connectivity index (χ0n) is 14.3. The van der Waals surface area contributed by atoms with Crippen molar-refractivity contribution in [2.24, 2.45) is 0 Å². The molecule has 0 aliphatic heterocycles. The summed E-state index contributed by atoms with van der Waals surface area (Å²) in [6, 6.07) is 13.5. The average molecular weight is 415 g/mol. The van der Waals surface area contributed by atoms with Crippen molar-refractivity contribution in [2.75, 3.05) is 10.6 Å². The minimum atomic E-state index is -0.134. The van der Waals surface area contributed by atoms with Gasteiger partial charge in [-0.1, -0.05) is 35.1 Å². The normalized spacial score (nSPS) is 10.9. The second kappa shape index (κ2) is 7.64. The van der Waals surface area contributed by atoms with Gasteiger partial charge in [-0.3, -0.25) is 4.79 Å².